The van der Waals surface area contributed by atoms with E-state index in [9.17, 15) is 4.79 Å². The molecule has 2 heterocycles. The predicted octanol–water partition coefficient (Wildman–Crippen LogP) is 2.02. The maximum Gasteiger partial charge on any atom is 0.252 e. The van der Waals surface area contributed by atoms with E-state index >= 15 is 0 Å². The Morgan fingerprint density at radius 2 is 2.08 bits per heavy atom. The second-order valence-electron chi connectivity index (χ2n) is 6.15. The van der Waals surface area contributed by atoms with Crippen molar-refractivity contribution in [1.29, 1.82) is 0 Å². The molecule has 132 valence electrons. The standard InChI is InChI=1S/C18H26N2O3S/c21-18(19-7-8-20-9-12-22-13-10-20)16-5-1-2-6-17(16)24-14-15-4-3-11-23-15/h1-2,5-6,15H,3-4,7-14H2,(H,19,21)/t15-/m0/s1. The summed E-state index contributed by atoms with van der Waals surface area (Å²) >= 11 is 1.72. The first-order valence-corrected chi connectivity index (χ1v) is 9.73. The quantitative estimate of drug-likeness (QED) is 0.763. The summed E-state index contributed by atoms with van der Waals surface area (Å²) in [4.78, 5) is 15.9. The summed E-state index contributed by atoms with van der Waals surface area (Å²) < 4.78 is 11.0. The molecule has 2 aliphatic heterocycles. The summed E-state index contributed by atoms with van der Waals surface area (Å²) in [6.07, 6.45) is 2.60. The van der Waals surface area contributed by atoms with Crippen molar-refractivity contribution >= 4 is 17.7 Å². The monoisotopic (exact) mass is 350 g/mol. The lowest BCUT2D eigenvalue weighted by atomic mass is 10.2. The number of hydrogen-bond acceptors (Lipinski definition) is 5. The molecule has 2 aliphatic rings. The Balaban J connectivity index is 1.48. The first kappa shape index (κ1) is 17.7. The van der Waals surface area contributed by atoms with Gasteiger partial charge in [-0.25, -0.2) is 0 Å². The van der Waals surface area contributed by atoms with Gasteiger partial charge in [0.15, 0.2) is 0 Å². The zero-order valence-corrected chi connectivity index (χ0v) is 14.9. The molecule has 0 radical (unpaired) electrons. The summed E-state index contributed by atoms with van der Waals surface area (Å²) in [7, 11) is 0. The molecule has 24 heavy (non-hydrogen) atoms. The summed E-state index contributed by atoms with van der Waals surface area (Å²) in [6, 6.07) is 7.84. The Labute approximate surface area is 148 Å². The maximum absolute atomic E-state index is 12.5. The number of nitrogens with one attached hydrogen (secondary N) is 1. The van der Waals surface area contributed by atoms with Crippen molar-refractivity contribution in [3.8, 4) is 0 Å². The number of amides is 1. The number of hydrogen-bond donors (Lipinski definition) is 1. The zero-order valence-electron chi connectivity index (χ0n) is 14.0. The van der Waals surface area contributed by atoms with Crippen LogP contribution < -0.4 is 5.32 Å². The SMILES string of the molecule is O=C(NCCN1CCOCC1)c1ccccc1SC[C@@H]1CCCO1. The van der Waals surface area contributed by atoms with Gasteiger partial charge in [-0.05, 0) is 25.0 Å². The van der Waals surface area contributed by atoms with Crippen LogP contribution in [0.25, 0.3) is 0 Å². The molecule has 0 aromatic heterocycles. The molecule has 5 nitrogen and oxygen atoms in total. The fourth-order valence-corrected chi connectivity index (χ4v) is 4.11. The van der Waals surface area contributed by atoms with Gasteiger partial charge in [0.25, 0.3) is 5.91 Å². The number of thioether (sulfide) groups is 1. The van der Waals surface area contributed by atoms with Gasteiger partial charge in [-0.3, -0.25) is 9.69 Å². The molecule has 1 N–H and O–H groups in total. The maximum atomic E-state index is 12.5. The van der Waals surface area contributed by atoms with Crippen LogP contribution in [0.15, 0.2) is 29.2 Å². The van der Waals surface area contributed by atoms with Crippen LogP contribution >= 0.6 is 11.8 Å². The van der Waals surface area contributed by atoms with Crippen LogP contribution in [0.4, 0.5) is 0 Å². The third-order valence-electron chi connectivity index (χ3n) is 4.40. The number of nitrogens with zero attached hydrogens (tertiary/aromatic N) is 1. The minimum Gasteiger partial charge on any atom is -0.379 e. The lowest BCUT2D eigenvalue weighted by molar-refractivity contribution is 0.0383. The summed E-state index contributed by atoms with van der Waals surface area (Å²) in [5.41, 5.74) is 0.766. The molecule has 1 amide bonds. The van der Waals surface area contributed by atoms with Crippen molar-refractivity contribution in [3.63, 3.8) is 0 Å². The third kappa shape index (κ3) is 5.21. The van der Waals surface area contributed by atoms with E-state index < -0.39 is 0 Å². The van der Waals surface area contributed by atoms with Crippen LogP contribution in [0.3, 0.4) is 0 Å². The van der Waals surface area contributed by atoms with Gasteiger partial charge in [-0.1, -0.05) is 12.1 Å². The Morgan fingerprint density at radius 1 is 1.25 bits per heavy atom. The number of benzene rings is 1. The number of carbonyl (C=O) groups excluding carboxylic acids is 1. The second kappa shape index (κ2) is 9.42. The molecule has 0 bridgehead atoms. The first-order valence-electron chi connectivity index (χ1n) is 8.74. The number of carbonyl (C=O) groups is 1. The summed E-state index contributed by atoms with van der Waals surface area (Å²) in [5.74, 6) is 0.927. The number of rotatable bonds is 7. The van der Waals surface area contributed by atoms with E-state index in [0.717, 1.165) is 68.5 Å². The van der Waals surface area contributed by atoms with Gasteiger partial charge in [0, 0.05) is 43.4 Å². The van der Waals surface area contributed by atoms with E-state index in [2.05, 4.69) is 10.2 Å². The molecule has 0 saturated carbocycles. The number of morpholine rings is 1. The second-order valence-corrected chi connectivity index (χ2v) is 7.21. The van der Waals surface area contributed by atoms with Gasteiger partial charge in [-0.2, -0.15) is 0 Å². The summed E-state index contributed by atoms with van der Waals surface area (Å²) in [6.45, 7) is 5.89. The van der Waals surface area contributed by atoms with Gasteiger partial charge in [0.1, 0.15) is 0 Å². The molecule has 2 fully saturated rings. The smallest absolute Gasteiger partial charge is 0.252 e. The van der Waals surface area contributed by atoms with Crippen LogP contribution in [0, 0.1) is 0 Å². The zero-order chi connectivity index (χ0) is 16.6. The van der Waals surface area contributed by atoms with Crippen molar-refractivity contribution in [2.75, 3.05) is 51.8 Å². The van der Waals surface area contributed by atoms with E-state index in [0.29, 0.717) is 12.6 Å². The van der Waals surface area contributed by atoms with Crippen molar-refractivity contribution in [2.45, 2.75) is 23.8 Å². The average molecular weight is 350 g/mol. The molecule has 3 rings (SSSR count). The molecule has 0 spiro atoms. The Morgan fingerprint density at radius 3 is 2.88 bits per heavy atom. The van der Waals surface area contributed by atoms with E-state index in [1.165, 1.54) is 0 Å². The molecular formula is C18H26N2O3S. The molecule has 1 atom stereocenters. The van der Waals surface area contributed by atoms with Crippen LogP contribution in [0.5, 0.6) is 0 Å². The van der Waals surface area contributed by atoms with Crippen LogP contribution in [0.1, 0.15) is 23.2 Å². The fourth-order valence-electron chi connectivity index (χ4n) is 2.99. The predicted molar refractivity (Wildman–Crippen MR) is 95.7 cm³/mol. The average Bonchev–Trinajstić information content (AvgIpc) is 3.14. The highest BCUT2D eigenvalue weighted by Gasteiger charge is 2.18. The summed E-state index contributed by atoms with van der Waals surface area (Å²) in [5, 5.41) is 3.05. The van der Waals surface area contributed by atoms with Gasteiger partial charge >= 0.3 is 0 Å². The molecule has 0 aliphatic carbocycles. The lowest BCUT2D eigenvalue weighted by Crippen LogP contribution is -2.41. The normalized spacial score (nSPS) is 21.8. The first-order chi connectivity index (χ1) is 11.8. The van der Waals surface area contributed by atoms with Gasteiger partial charge < -0.3 is 14.8 Å². The van der Waals surface area contributed by atoms with Crippen molar-refractivity contribution in [3.05, 3.63) is 29.8 Å². The van der Waals surface area contributed by atoms with E-state index in [4.69, 9.17) is 9.47 Å². The minimum absolute atomic E-state index is 0.0127. The van der Waals surface area contributed by atoms with Crippen LogP contribution in [-0.4, -0.2) is 68.7 Å². The molecule has 6 heteroatoms. The Kier molecular flexibility index (Phi) is 6.96. The third-order valence-corrected chi connectivity index (χ3v) is 5.60. The van der Waals surface area contributed by atoms with Gasteiger partial charge in [0.05, 0.1) is 24.9 Å². The fraction of sp³-hybridized carbons (Fsp3) is 0.611. The largest absolute Gasteiger partial charge is 0.379 e. The van der Waals surface area contributed by atoms with Gasteiger partial charge in [0.2, 0.25) is 0 Å². The van der Waals surface area contributed by atoms with Crippen molar-refractivity contribution in [1.82, 2.24) is 10.2 Å². The minimum atomic E-state index is 0.0127. The Hall–Kier alpha value is -1.08. The molecule has 1 aromatic rings. The Bertz CT molecular complexity index is 529. The van der Waals surface area contributed by atoms with Crippen LogP contribution in [0.2, 0.25) is 0 Å². The van der Waals surface area contributed by atoms with E-state index in [1.54, 1.807) is 11.8 Å². The van der Waals surface area contributed by atoms with Crippen molar-refractivity contribution < 1.29 is 14.3 Å². The molecule has 1 aromatic carbocycles. The highest BCUT2D eigenvalue weighted by atomic mass is 32.2. The molecule has 0 unspecified atom stereocenters. The van der Waals surface area contributed by atoms with E-state index in [-0.39, 0.29) is 5.91 Å². The van der Waals surface area contributed by atoms with Crippen molar-refractivity contribution in [2.24, 2.45) is 0 Å². The highest BCUT2D eigenvalue weighted by molar-refractivity contribution is 7.99. The highest BCUT2D eigenvalue weighted by Crippen LogP contribution is 2.26. The van der Waals surface area contributed by atoms with Crippen LogP contribution in [-0.2, 0) is 9.47 Å². The van der Waals surface area contributed by atoms with E-state index in [1.807, 2.05) is 24.3 Å². The lowest BCUT2D eigenvalue weighted by Gasteiger charge is -2.26. The number of ether oxygens (including phenoxy) is 2. The van der Waals surface area contributed by atoms with Gasteiger partial charge in [-0.15, -0.1) is 11.8 Å². The topological polar surface area (TPSA) is 50.8 Å². The molecule has 2 saturated heterocycles. The molecular weight excluding hydrogens is 324 g/mol.